The molecule has 1 aliphatic heterocycles. The SMILES string of the molecule is O=C(Nc1cccc(Cl)c1Cl)C1CCN(C(=O)c2ccc(F)cc2)CC1. The van der Waals surface area contributed by atoms with Crippen LogP contribution in [-0.2, 0) is 4.79 Å². The molecule has 0 unspecified atom stereocenters. The number of benzene rings is 2. The van der Waals surface area contributed by atoms with E-state index in [0.717, 1.165) is 0 Å². The van der Waals surface area contributed by atoms with E-state index in [1.165, 1.54) is 24.3 Å². The van der Waals surface area contributed by atoms with Gasteiger partial charge in [-0.25, -0.2) is 4.39 Å². The van der Waals surface area contributed by atoms with Gasteiger partial charge in [-0.3, -0.25) is 9.59 Å². The average molecular weight is 395 g/mol. The standard InChI is InChI=1S/C19H17Cl2FN2O2/c20-15-2-1-3-16(17(15)21)23-18(25)12-8-10-24(11-9-12)19(26)13-4-6-14(22)7-5-13/h1-7,12H,8-11H2,(H,23,25). The van der Waals surface area contributed by atoms with E-state index in [9.17, 15) is 14.0 Å². The molecule has 4 nitrogen and oxygen atoms in total. The van der Waals surface area contributed by atoms with Crippen LogP contribution in [0.2, 0.25) is 10.0 Å². The Bertz CT molecular complexity index is 819. The van der Waals surface area contributed by atoms with Crippen molar-refractivity contribution >= 4 is 40.7 Å². The van der Waals surface area contributed by atoms with Crippen molar-refractivity contribution in [3.8, 4) is 0 Å². The third-order valence-corrected chi connectivity index (χ3v) is 5.27. The lowest BCUT2D eigenvalue weighted by atomic mass is 9.95. The van der Waals surface area contributed by atoms with Crippen molar-refractivity contribution in [3.63, 3.8) is 0 Å². The van der Waals surface area contributed by atoms with Gasteiger partial charge in [0.1, 0.15) is 5.82 Å². The summed E-state index contributed by atoms with van der Waals surface area (Å²) >= 11 is 12.0. The van der Waals surface area contributed by atoms with E-state index in [4.69, 9.17) is 23.2 Å². The highest BCUT2D eigenvalue weighted by Gasteiger charge is 2.28. The number of carbonyl (C=O) groups excluding carboxylic acids is 2. The van der Waals surface area contributed by atoms with Crippen LogP contribution in [0.25, 0.3) is 0 Å². The number of halogens is 3. The summed E-state index contributed by atoms with van der Waals surface area (Å²) in [6, 6.07) is 10.5. The fraction of sp³-hybridized carbons (Fsp3) is 0.263. The fourth-order valence-electron chi connectivity index (χ4n) is 2.95. The maximum atomic E-state index is 13.0. The first-order valence-electron chi connectivity index (χ1n) is 8.25. The molecule has 136 valence electrons. The van der Waals surface area contributed by atoms with Crippen molar-refractivity contribution in [2.45, 2.75) is 12.8 Å². The van der Waals surface area contributed by atoms with Gasteiger partial charge in [-0.05, 0) is 49.2 Å². The molecule has 1 fully saturated rings. The van der Waals surface area contributed by atoms with E-state index in [0.29, 0.717) is 47.2 Å². The van der Waals surface area contributed by atoms with Gasteiger partial charge >= 0.3 is 0 Å². The van der Waals surface area contributed by atoms with E-state index in [1.54, 1.807) is 23.1 Å². The largest absolute Gasteiger partial charge is 0.339 e. The van der Waals surface area contributed by atoms with Gasteiger partial charge in [0.15, 0.2) is 0 Å². The van der Waals surface area contributed by atoms with Gasteiger partial charge < -0.3 is 10.2 Å². The number of anilines is 1. The van der Waals surface area contributed by atoms with Gasteiger partial charge in [0.25, 0.3) is 5.91 Å². The van der Waals surface area contributed by atoms with Crippen LogP contribution in [0.4, 0.5) is 10.1 Å². The normalized spacial score (nSPS) is 15.0. The molecule has 1 aliphatic rings. The number of piperidine rings is 1. The molecule has 2 aromatic carbocycles. The average Bonchev–Trinajstić information content (AvgIpc) is 2.65. The number of rotatable bonds is 3. The maximum Gasteiger partial charge on any atom is 0.253 e. The van der Waals surface area contributed by atoms with Gasteiger partial charge in [-0.15, -0.1) is 0 Å². The topological polar surface area (TPSA) is 49.4 Å². The Morgan fingerprint density at radius 3 is 2.35 bits per heavy atom. The molecule has 2 amide bonds. The Hall–Kier alpha value is -2.11. The lowest BCUT2D eigenvalue weighted by molar-refractivity contribution is -0.121. The lowest BCUT2D eigenvalue weighted by Crippen LogP contribution is -2.41. The second kappa shape index (κ2) is 8.06. The predicted molar refractivity (Wildman–Crippen MR) is 100 cm³/mol. The van der Waals surface area contributed by atoms with Gasteiger partial charge in [0.2, 0.25) is 5.91 Å². The molecule has 7 heteroatoms. The molecule has 3 rings (SSSR count). The van der Waals surface area contributed by atoms with Crippen LogP contribution in [0.1, 0.15) is 23.2 Å². The zero-order valence-electron chi connectivity index (χ0n) is 13.8. The van der Waals surface area contributed by atoms with Crippen LogP contribution >= 0.6 is 23.2 Å². The fourth-order valence-corrected chi connectivity index (χ4v) is 3.30. The van der Waals surface area contributed by atoms with Gasteiger partial charge in [0.05, 0.1) is 15.7 Å². The number of nitrogens with one attached hydrogen (secondary N) is 1. The second-order valence-electron chi connectivity index (χ2n) is 6.16. The number of nitrogens with zero attached hydrogens (tertiary/aromatic N) is 1. The van der Waals surface area contributed by atoms with Gasteiger partial charge in [-0.2, -0.15) is 0 Å². The summed E-state index contributed by atoms with van der Waals surface area (Å²) in [5.41, 5.74) is 0.925. The van der Waals surface area contributed by atoms with Crippen molar-refractivity contribution in [1.29, 1.82) is 0 Å². The quantitative estimate of drug-likeness (QED) is 0.825. The molecule has 2 aromatic rings. The molecular formula is C19H17Cl2FN2O2. The van der Waals surface area contributed by atoms with Crippen molar-refractivity contribution in [2.24, 2.45) is 5.92 Å². The molecule has 0 atom stereocenters. The molecule has 0 radical (unpaired) electrons. The first-order chi connectivity index (χ1) is 12.5. The van der Waals surface area contributed by atoms with Crippen molar-refractivity contribution in [1.82, 2.24) is 4.90 Å². The predicted octanol–water partition coefficient (Wildman–Crippen LogP) is 4.62. The van der Waals surface area contributed by atoms with E-state index < -0.39 is 0 Å². The summed E-state index contributed by atoms with van der Waals surface area (Å²) in [4.78, 5) is 26.6. The van der Waals surface area contributed by atoms with E-state index in [1.807, 2.05) is 0 Å². The number of hydrogen-bond acceptors (Lipinski definition) is 2. The summed E-state index contributed by atoms with van der Waals surface area (Å²) in [6.07, 6.45) is 1.11. The molecular weight excluding hydrogens is 378 g/mol. The van der Waals surface area contributed by atoms with Crippen molar-refractivity contribution in [3.05, 3.63) is 63.9 Å². The minimum Gasteiger partial charge on any atom is -0.339 e. The third-order valence-electron chi connectivity index (χ3n) is 4.45. The zero-order chi connectivity index (χ0) is 18.7. The molecule has 0 bridgehead atoms. The molecule has 0 aromatic heterocycles. The summed E-state index contributed by atoms with van der Waals surface area (Å²) < 4.78 is 13.0. The minimum absolute atomic E-state index is 0.136. The van der Waals surface area contributed by atoms with Crippen molar-refractivity contribution < 1.29 is 14.0 Å². The Morgan fingerprint density at radius 1 is 1.04 bits per heavy atom. The van der Waals surface area contributed by atoms with E-state index in [2.05, 4.69) is 5.32 Å². The summed E-state index contributed by atoms with van der Waals surface area (Å²) in [5, 5.41) is 3.49. The molecule has 0 aliphatic carbocycles. The molecule has 0 saturated carbocycles. The second-order valence-corrected chi connectivity index (χ2v) is 6.95. The first kappa shape index (κ1) is 18.7. The molecule has 1 N–H and O–H groups in total. The van der Waals surface area contributed by atoms with Crippen molar-refractivity contribution in [2.75, 3.05) is 18.4 Å². The minimum atomic E-state index is -0.378. The summed E-state index contributed by atoms with van der Waals surface area (Å²) in [6.45, 7) is 0.940. The highest BCUT2D eigenvalue weighted by molar-refractivity contribution is 6.44. The van der Waals surface area contributed by atoms with Crippen LogP contribution < -0.4 is 5.32 Å². The number of likely N-dealkylation sites (tertiary alicyclic amines) is 1. The molecule has 0 spiro atoms. The van der Waals surface area contributed by atoms with Crippen LogP contribution in [0.3, 0.4) is 0 Å². The Kier molecular flexibility index (Phi) is 5.79. The summed E-state index contributed by atoms with van der Waals surface area (Å²) in [5.74, 6) is -0.872. The monoisotopic (exact) mass is 394 g/mol. The zero-order valence-corrected chi connectivity index (χ0v) is 15.4. The van der Waals surface area contributed by atoms with Crippen LogP contribution in [0, 0.1) is 11.7 Å². The van der Waals surface area contributed by atoms with Crippen LogP contribution in [0.15, 0.2) is 42.5 Å². The van der Waals surface area contributed by atoms with Gasteiger partial charge in [-0.1, -0.05) is 29.3 Å². The summed E-state index contributed by atoms with van der Waals surface area (Å²) in [7, 11) is 0. The molecule has 26 heavy (non-hydrogen) atoms. The lowest BCUT2D eigenvalue weighted by Gasteiger charge is -2.31. The maximum absolute atomic E-state index is 13.0. The number of amides is 2. The highest BCUT2D eigenvalue weighted by atomic mass is 35.5. The smallest absolute Gasteiger partial charge is 0.253 e. The highest BCUT2D eigenvalue weighted by Crippen LogP contribution is 2.30. The molecule has 1 saturated heterocycles. The van der Waals surface area contributed by atoms with Crippen LogP contribution in [0.5, 0.6) is 0 Å². The third kappa shape index (κ3) is 4.17. The van der Waals surface area contributed by atoms with E-state index in [-0.39, 0.29) is 23.5 Å². The number of hydrogen-bond donors (Lipinski definition) is 1. The van der Waals surface area contributed by atoms with Gasteiger partial charge in [0, 0.05) is 24.6 Å². The van der Waals surface area contributed by atoms with Crippen LogP contribution in [-0.4, -0.2) is 29.8 Å². The number of carbonyl (C=O) groups is 2. The van der Waals surface area contributed by atoms with E-state index >= 15 is 0 Å². The Balaban J connectivity index is 1.57. The Morgan fingerprint density at radius 2 is 1.69 bits per heavy atom. The Labute approximate surface area is 160 Å². The first-order valence-corrected chi connectivity index (χ1v) is 9.01. The molecule has 1 heterocycles.